The average molecular weight is 307 g/mol. The number of hydrogen-bond donors (Lipinski definition) is 2. The molecule has 3 fully saturated rings. The molecule has 3 aliphatic rings. The van der Waals surface area contributed by atoms with Crippen LogP contribution in [0.5, 0.6) is 0 Å². The summed E-state index contributed by atoms with van der Waals surface area (Å²) in [6.45, 7) is 2.10. The van der Waals surface area contributed by atoms with E-state index in [0.29, 0.717) is 17.7 Å². The molecule has 124 valence electrons. The quantitative estimate of drug-likeness (QED) is 0.449. The molecule has 0 aromatic rings. The smallest absolute Gasteiger partial charge is 0.260 e. The highest BCUT2D eigenvalue weighted by atomic mass is 16.6. The number of carbonyl (C=O) groups is 1. The molecule has 3 saturated carbocycles. The Morgan fingerprint density at radius 2 is 2.05 bits per heavy atom. The van der Waals surface area contributed by atoms with Gasteiger partial charge in [0, 0.05) is 12.0 Å². The number of oxime groups is 1. The monoisotopic (exact) mass is 307 g/mol. The summed E-state index contributed by atoms with van der Waals surface area (Å²) in [5, 5.41) is 7.00. The van der Waals surface area contributed by atoms with E-state index in [1.54, 1.807) is 0 Å². The number of rotatable bonds is 6. The average Bonchev–Trinajstić information content (AvgIpc) is 3.23. The van der Waals surface area contributed by atoms with E-state index in [-0.39, 0.29) is 18.6 Å². The normalized spacial score (nSPS) is 33.1. The van der Waals surface area contributed by atoms with Gasteiger partial charge in [0.05, 0.1) is 0 Å². The van der Waals surface area contributed by atoms with Gasteiger partial charge >= 0.3 is 0 Å². The lowest BCUT2D eigenvalue weighted by Gasteiger charge is -2.28. The summed E-state index contributed by atoms with van der Waals surface area (Å²) in [6, 6.07) is 0.238. The second kappa shape index (κ2) is 6.88. The van der Waals surface area contributed by atoms with Crippen molar-refractivity contribution in [3.63, 3.8) is 0 Å². The number of carbonyl (C=O) groups excluding carboxylic acids is 1. The van der Waals surface area contributed by atoms with E-state index in [0.717, 1.165) is 24.7 Å². The van der Waals surface area contributed by atoms with Gasteiger partial charge in [0.25, 0.3) is 5.91 Å². The molecule has 0 radical (unpaired) electrons. The Labute approximate surface area is 133 Å². The van der Waals surface area contributed by atoms with Gasteiger partial charge < -0.3 is 15.9 Å². The Balaban J connectivity index is 1.38. The molecule has 3 rings (SSSR count). The van der Waals surface area contributed by atoms with Crippen LogP contribution >= 0.6 is 0 Å². The van der Waals surface area contributed by atoms with Gasteiger partial charge in [-0.05, 0) is 56.8 Å². The van der Waals surface area contributed by atoms with Gasteiger partial charge in [-0.2, -0.15) is 0 Å². The van der Waals surface area contributed by atoms with Crippen molar-refractivity contribution in [2.45, 2.75) is 64.3 Å². The van der Waals surface area contributed by atoms with Gasteiger partial charge in [0.2, 0.25) is 0 Å². The van der Waals surface area contributed by atoms with E-state index in [4.69, 9.17) is 10.6 Å². The Morgan fingerprint density at radius 3 is 2.68 bits per heavy atom. The maximum Gasteiger partial charge on any atom is 0.260 e. The number of nitrogens with zero attached hydrogens (tertiary/aromatic N) is 1. The molecule has 5 heteroatoms. The first-order valence-electron chi connectivity index (χ1n) is 8.88. The summed E-state index contributed by atoms with van der Waals surface area (Å²) < 4.78 is 0. The summed E-state index contributed by atoms with van der Waals surface area (Å²) in [7, 11) is 0. The predicted octanol–water partition coefficient (Wildman–Crippen LogP) is 2.41. The van der Waals surface area contributed by atoms with Crippen LogP contribution in [0.4, 0.5) is 0 Å². The van der Waals surface area contributed by atoms with Gasteiger partial charge in [-0.1, -0.05) is 24.4 Å². The Kier molecular flexibility index (Phi) is 4.89. The molecule has 2 bridgehead atoms. The molecule has 1 amide bonds. The number of hydrogen-bond acceptors (Lipinski definition) is 3. The van der Waals surface area contributed by atoms with Crippen LogP contribution in [0, 0.1) is 23.7 Å². The first-order chi connectivity index (χ1) is 10.6. The summed E-state index contributed by atoms with van der Waals surface area (Å²) in [6.07, 6.45) is 9.97. The van der Waals surface area contributed by atoms with Gasteiger partial charge in [-0.15, -0.1) is 0 Å². The molecule has 0 heterocycles. The lowest BCUT2D eigenvalue weighted by Crippen LogP contribution is -2.41. The van der Waals surface area contributed by atoms with Crippen LogP contribution in [-0.4, -0.2) is 24.4 Å². The topological polar surface area (TPSA) is 76.7 Å². The van der Waals surface area contributed by atoms with E-state index in [9.17, 15) is 4.79 Å². The first kappa shape index (κ1) is 15.6. The van der Waals surface area contributed by atoms with Crippen molar-refractivity contribution in [3.8, 4) is 0 Å². The van der Waals surface area contributed by atoms with Gasteiger partial charge in [0.1, 0.15) is 5.84 Å². The molecule has 5 nitrogen and oxygen atoms in total. The zero-order valence-corrected chi connectivity index (χ0v) is 13.6. The van der Waals surface area contributed by atoms with Crippen molar-refractivity contribution in [1.82, 2.24) is 5.32 Å². The van der Waals surface area contributed by atoms with Crippen molar-refractivity contribution >= 4 is 11.7 Å². The van der Waals surface area contributed by atoms with Gasteiger partial charge in [-0.25, -0.2) is 0 Å². The van der Waals surface area contributed by atoms with Gasteiger partial charge in [0.15, 0.2) is 6.61 Å². The van der Waals surface area contributed by atoms with Crippen molar-refractivity contribution in [3.05, 3.63) is 0 Å². The minimum atomic E-state index is -0.0850. The first-order valence-corrected chi connectivity index (χ1v) is 8.88. The Bertz CT molecular complexity index is 432. The standard InChI is InChI=1S/C17H29N3O2/c1-11(15-9-12-6-7-14(15)8-12)19-16(21)10-22-20-17(18)13-4-2-3-5-13/h11-15H,2-10H2,1H3,(H2,18,20)(H,19,21)/t11-,12-,14-,15-/m0/s1. The van der Waals surface area contributed by atoms with E-state index in [1.807, 2.05) is 0 Å². The van der Waals surface area contributed by atoms with Crippen molar-refractivity contribution in [2.75, 3.05) is 6.61 Å². The molecular weight excluding hydrogens is 278 g/mol. The largest absolute Gasteiger partial charge is 0.384 e. The van der Waals surface area contributed by atoms with Crippen LogP contribution in [0.2, 0.25) is 0 Å². The highest BCUT2D eigenvalue weighted by molar-refractivity contribution is 5.82. The molecule has 3 aliphatic carbocycles. The number of nitrogens with two attached hydrogens (primary N) is 1. The molecular formula is C17H29N3O2. The fourth-order valence-corrected chi connectivity index (χ4v) is 4.77. The second-order valence-electron chi connectivity index (χ2n) is 7.47. The van der Waals surface area contributed by atoms with Crippen LogP contribution in [0.3, 0.4) is 0 Å². The minimum absolute atomic E-state index is 0.0292. The van der Waals surface area contributed by atoms with E-state index < -0.39 is 0 Å². The summed E-state index contributed by atoms with van der Waals surface area (Å²) >= 11 is 0. The number of amidine groups is 1. The molecule has 0 unspecified atom stereocenters. The maximum absolute atomic E-state index is 12.0. The van der Waals surface area contributed by atoms with Crippen molar-refractivity contribution in [1.29, 1.82) is 0 Å². The highest BCUT2D eigenvalue weighted by Crippen LogP contribution is 2.49. The maximum atomic E-state index is 12.0. The molecule has 0 aliphatic heterocycles. The Hall–Kier alpha value is -1.26. The van der Waals surface area contributed by atoms with Crippen molar-refractivity contribution < 1.29 is 9.63 Å². The van der Waals surface area contributed by atoms with Crippen LogP contribution in [0.1, 0.15) is 58.3 Å². The Morgan fingerprint density at radius 1 is 1.27 bits per heavy atom. The highest BCUT2D eigenvalue weighted by Gasteiger charge is 2.42. The van der Waals surface area contributed by atoms with Gasteiger partial charge in [-0.3, -0.25) is 4.79 Å². The lowest BCUT2D eigenvalue weighted by molar-refractivity contribution is -0.126. The molecule has 0 aromatic heterocycles. The van der Waals surface area contributed by atoms with E-state index in [2.05, 4.69) is 17.4 Å². The van der Waals surface area contributed by atoms with E-state index >= 15 is 0 Å². The molecule has 0 saturated heterocycles. The molecule has 3 N–H and O–H groups in total. The summed E-state index contributed by atoms with van der Waals surface area (Å²) in [5.41, 5.74) is 5.90. The number of amides is 1. The lowest BCUT2D eigenvalue weighted by atomic mass is 9.84. The number of fused-ring (bicyclic) bond motifs is 2. The molecule has 4 atom stereocenters. The zero-order chi connectivity index (χ0) is 15.5. The van der Waals surface area contributed by atoms with E-state index in [1.165, 1.54) is 38.5 Å². The zero-order valence-electron chi connectivity index (χ0n) is 13.6. The SMILES string of the molecule is C[C@H](NC(=O)CO/N=C(\N)C1CCCC1)[C@@H]1C[C@H]2CC[C@H]1C2. The fourth-order valence-electron chi connectivity index (χ4n) is 4.77. The summed E-state index contributed by atoms with van der Waals surface area (Å²) in [4.78, 5) is 17.1. The molecule has 0 spiro atoms. The molecule has 0 aromatic carbocycles. The minimum Gasteiger partial charge on any atom is -0.384 e. The predicted molar refractivity (Wildman–Crippen MR) is 86.1 cm³/mol. The fraction of sp³-hybridized carbons (Fsp3) is 0.882. The van der Waals surface area contributed by atoms with Crippen LogP contribution in [0.25, 0.3) is 0 Å². The van der Waals surface area contributed by atoms with Crippen LogP contribution in [-0.2, 0) is 9.63 Å². The number of nitrogens with one attached hydrogen (secondary N) is 1. The summed E-state index contributed by atoms with van der Waals surface area (Å²) in [5.74, 6) is 3.18. The third kappa shape index (κ3) is 3.55. The molecule has 22 heavy (non-hydrogen) atoms. The van der Waals surface area contributed by atoms with Crippen LogP contribution < -0.4 is 11.1 Å². The third-order valence-corrected chi connectivity index (χ3v) is 5.96. The second-order valence-corrected chi connectivity index (χ2v) is 7.47. The van der Waals surface area contributed by atoms with Crippen LogP contribution in [0.15, 0.2) is 5.16 Å². The third-order valence-electron chi connectivity index (χ3n) is 5.96. The van der Waals surface area contributed by atoms with Crippen molar-refractivity contribution in [2.24, 2.45) is 34.6 Å².